The second-order valence-electron chi connectivity index (χ2n) is 3.80. The Labute approximate surface area is 99.4 Å². The number of aromatic nitrogens is 1. The molecule has 0 aromatic carbocycles. The average molecular weight is 236 g/mol. The van der Waals surface area contributed by atoms with Gasteiger partial charge in [0.1, 0.15) is 5.69 Å². The van der Waals surface area contributed by atoms with E-state index in [9.17, 15) is 9.59 Å². The van der Waals surface area contributed by atoms with Crippen LogP contribution in [-0.2, 0) is 11.3 Å². The summed E-state index contributed by atoms with van der Waals surface area (Å²) in [7, 11) is 0. The van der Waals surface area contributed by atoms with Gasteiger partial charge in [0.25, 0.3) is 5.91 Å². The molecular formula is C11H16N4O2. The Hall–Kier alpha value is -1.95. The van der Waals surface area contributed by atoms with E-state index in [0.717, 1.165) is 5.56 Å². The number of amides is 2. The molecule has 0 fully saturated rings. The van der Waals surface area contributed by atoms with Crippen molar-refractivity contribution in [3.63, 3.8) is 0 Å². The fourth-order valence-corrected chi connectivity index (χ4v) is 1.33. The fraction of sp³-hybridized carbons (Fsp3) is 0.364. The highest BCUT2D eigenvalue weighted by Crippen LogP contribution is 2.00. The minimum absolute atomic E-state index is 0.104. The number of nitrogens with two attached hydrogens (primary N) is 2. The van der Waals surface area contributed by atoms with E-state index in [1.54, 1.807) is 25.3 Å². The number of nitrogens with zero attached hydrogens (tertiary/aromatic N) is 1. The minimum atomic E-state index is -0.454. The van der Waals surface area contributed by atoms with Crippen molar-refractivity contribution < 1.29 is 9.59 Å². The van der Waals surface area contributed by atoms with Crippen molar-refractivity contribution in [2.24, 2.45) is 11.5 Å². The van der Waals surface area contributed by atoms with E-state index in [1.165, 1.54) is 0 Å². The minimum Gasteiger partial charge on any atom is -0.370 e. The summed E-state index contributed by atoms with van der Waals surface area (Å²) < 4.78 is 0. The number of nitrogens with one attached hydrogen (secondary N) is 1. The Kier molecular flexibility index (Phi) is 4.59. The molecule has 0 aliphatic rings. The molecule has 1 heterocycles. The summed E-state index contributed by atoms with van der Waals surface area (Å²) in [4.78, 5) is 26.3. The molecule has 1 atom stereocenters. The van der Waals surface area contributed by atoms with E-state index in [2.05, 4.69) is 10.3 Å². The average Bonchev–Trinajstić information content (AvgIpc) is 2.28. The Morgan fingerprint density at radius 2 is 2.18 bits per heavy atom. The van der Waals surface area contributed by atoms with Gasteiger partial charge in [-0.25, -0.2) is 0 Å². The second-order valence-corrected chi connectivity index (χ2v) is 3.80. The summed E-state index contributed by atoms with van der Waals surface area (Å²) in [6.07, 6.45) is 1.65. The molecular weight excluding hydrogens is 220 g/mol. The monoisotopic (exact) mass is 236 g/mol. The molecule has 1 unspecified atom stereocenters. The standard InChI is InChI=1S/C11H16N4O2/c1-7(4-10(13)16)15-11(17)9-3-2-8(5-12)6-14-9/h2-3,6-7H,4-5,12H2,1H3,(H2,13,16)(H,15,17). The van der Waals surface area contributed by atoms with E-state index in [4.69, 9.17) is 11.5 Å². The molecule has 0 aliphatic carbocycles. The third-order valence-electron chi connectivity index (χ3n) is 2.18. The first-order chi connectivity index (χ1) is 8.02. The maximum atomic E-state index is 11.7. The number of rotatable bonds is 5. The van der Waals surface area contributed by atoms with Gasteiger partial charge in [0.15, 0.2) is 0 Å². The molecule has 5 N–H and O–H groups in total. The van der Waals surface area contributed by atoms with Gasteiger partial charge in [0, 0.05) is 25.2 Å². The van der Waals surface area contributed by atoms with Gasteiger partial charge in [-0.2, -0.15) is 0 Å². The van der Waals surface area contributed by atoms with Crippen LogP contribution in [0, 0.1) is 0 Å². The van der Waals surface area contributed by atoms with E-state index in [1.807, 2.05) is 0 Å². The summed E-state index contributed by atoms with van der Waals surface area (Å²) in [5, 5.41) is 2.63. The van der Waals surface area contributed by atoms with Crippen LogP contribution in [0.5, 0.6) is 0 Å². The topological polar surface area (TPSA) is 111 Å². The van der Waals surface area contributed by atoms with Crippen molar-refractivity contribution in [2.45, 2.75) is 25.9 Å². The molecule has 0 bridgehead atoms. The molecule has 0 saturated carbocycles. The van der Waals surface area contributed by atoms with E-state index >= 15 is 0 Å². The van der Waals surface area contributed by atoms with Gasteiger partial charge in [-0.15, -0.1) is 0 Å². The zero-order chi connectivity index (χ0) is 12.8. The summed E-state index contributed by atoms with van der Waals surface area (Å²) >= 11 is 0. The lowest BCUT2D eigenvalue weighted by Crippen LogP contribution is -2.36. The van der Waals surface area contributed by atoms with Gasteiger partial charge in [-0.1, -0.05) is 6.07 Å². The van der Waals surface area contributed by atoms with Crippen molar-refractivity contribution >= 4 is 11.8 Å². The lowest BCUT2D eigenvalue weighted by molar-refractivity contribution is -0.118. The van der Waals surface area contributed by atoms with Crippen LogP contribution in [0.25, 0.3) is 0 Å². The van der Waals surface area contributed by atoms with Crippen molar-refractivity contribution in [1.29, 1.82) is 0 Å². The van der Waals surface area contributed by atoms with Crippen LogP contribution >= 0.6 is 0 Å². The highest BCUT2D eigenvalue weighted by atomic mass is 16.2. The predicted octanol–water partition coefficient (Wildman–Crippen LogP) is -0.466. The Morgan fingerprint density at radius 1 is 1.47 bits per heavy atom. The zero-order valence-electron chi connectivity index (χ0n) is 9.64. The lowest BCUT2D eigenvalue weighted by Gasteiger charge is -2.11. The van der Waals surface area contributed by atoms with Gasteiger partial charge in [-0.05, 0) is 18.6 Å². The number of hydrogen-bond donors (Lipinski definition) is 3. The first-order valence-corrected chi connectivity index (χ1v) is 5.27. The molecule has 6 heteroatoms. The van der Waals surface area contributed by atoms with Crippen LogP contribution in [0.1, 0.15) is 29.4 Å². The normalized spacial score (nSPS) is 11.9. The quantitative estimate of drug-likeness (QED) is 0.642. The Bertz CT molecular complexity index is 402. The maximum absolute atomic E-state index is 11.7. The molecule has 0 spiro atoms. The first-order valence-electron chi connectivity index (χ1n) is 5.27. The molecule has 0 aliphatic heterocycles. The number of hydrogen-bond acceptors (Lipinski definition) is 4. The zero-order valence-corrected chi connectivity index (χ0v) is 9.64. The van der Waals surface area contributed by atoms with Crippen LogP contribution in [-0.4, -0.2) is 22.8 Å². The Morgan fingerprint density at radius 3 is 2.65 bits per heavy atom. The molecule has 1 aromatic rings. The van der Waals surface area contributed by atoms with E-state index < -0.39 is 5.91 Å². The fourth-order valence-electron chi connectivity index (χ4n) is 1.33. The van der Waals surface area contributed by atoms with Gasteiger partial charge >= 0.3 is 0 Å². The third kappa shape index (κ3) is 4.20. The SMILES string of the molecule is CC(CC(N)=O)NC(=O)c1ccc(CN)cn1. The van der Waals surface area contributed by atoms with Gasteiger partial charge in [0.05, 0.1) is 0 Å². The van der Waals surface area contributed by atoms with Gasteiger partial charge < -0.3 is 16.8 Å². The summed E-state index contributed by atoms with van der Waals surface area (Å²) in [5.74, 6) is -0.786. The number of primary amides is 1. The molecule has 0 radical (unpaired) electrons. The van der Waals surface area contributed by atoms with Gasteiger partial charge in [-0.3, -0.25) is 14.6 Å². The molecule has 1 rings (SSSR count). The highest BCUT2D eigenvalue weighted by molar-refractivity contribution is 5.92. The van der Waals surface area contributed by atoms with E-state index in [-0.39, 0.29) is 18.4 Å². The molecule has 0 saturated heterocycles. The molecule has 17 heavy (non-hydrogen) atoms. The third-order valence-corrected chi connectivity index (χ3v) is 2.18. The molecule has 6 nitrogen and oxygen atoms in total. The van der Waals surface area contributed by atoms with Crippen LogP contribution in [0.3, 0.4) is 0 Å². The summed E-state index contributed by atoms with van der Waals surface area (Å²) in [6.45, 7) is 2.09. The number of carbonyl (C=O) groups is 2. The van der Waals surface area contributed by atoms with Gasteiger partial charge in [0.2, 0.25) is 5.91 Å². The summed E-state index contributed by atoms with van der Waals surface area (Å²) in [6, 6.07) is 3.02. The molecule has 1 aromatic heterocycles. The highest BCUT2D eigenvalue weighted by Gasteiger charge is 2.12. The number of carbonyl (C=O) groups excluding carboxylic acids is 2. The predicted molar refractivity (Wildman–Crippen MR) is 62.9 cm³/mol. The first kappa shape index (κ1) is 13.1. The molecule has 92 valence electrons. The van der Waals surface area contributed by atoms with Crippen LogP contribution in [0.2, 0.25) is 0 Å². The van der Waals surface area contributed by atoms with Crippen molar-refractivity contribution in [2.75, 3.05) is 0 Å². The smallest absolute Gasteiger partial charge is 0.270 e. The van der Waals surface area contributed by atoms with Crippen LogP contribution in [0.4, 0.5) is 0 Å². The summed E-state index contributed by atoms with van der Waals surface area (Å²) in [5.41, 5.74) is 11.6. The lowest BCUT2D eigenvalue weighted by atomic mass is 10.2. The maximum Gasteiger partial charge on any atom is 0.270 e. The van der Waals surface area contributed by atoms with Crippen molar-refractivity contribution in [3.8, 4) is 0 Å². The van der Waals surface area contributed by atoms with Crippen molar-refractivity contribution in [3.05, 3.63) is 29.6 Å². The second kappa shape index (κ2) is 5.95. The Balaban J connectivity index is 2.60. The largest absolute Gasteiger partial charge is 0.370 e. The van der Waals surface area contributed by atoms with E-state index in [0.29, 0.717) is 12.2 Å². The number of pyridine rings is 1. The van der Waals surface area contributed by atoms with Crippen molar-refractivity contribution in [1.82, 2.24) is 10.3 Å². The molecule has 2 amide bonds. The van der Waals surface area contributed by atoms with Crippen LogP contribution in [0.15, 0.2) is 18.3 Å². The van der Waals surface area contributed by atoms with Crippen LogP contribution < -0.4 is 16.8 Å².